The van der Waals surface area contributed by atoms with E-state index in [2.05, 4.69) is 35.4 Å². The van der Waals surface area contributed by atoms with Crippen LogP contribution in [0.25, 0.3) is 0 Å². The number of esters is 1. The summed E-state index contributed by atoms with van der Waals surface area (Å²) in [4.78, 5) is 15.7. The Morgan fingerprint density at radius 2 is 2.25 bits per heavy atom. The smallest absolute Gasteiger partial charge is 0.325 e. The van der Waals surface area contributed by atoms with Crippen molar-refractivity contribution in [1.82, 2.24) is 4.90 Å². The molecular formula is C20H21NO2S. The molecule has 4 atom stereocenters. The minimum atomic E-state index is -0.740. The molecule has 1 spiro atoms. The predicted octanol–water partition coefficient (Wildman–Crippen LogP) is 3.45. The van der Waals surface area contributed by atoms with Crippen LogP contribution in [0.4, 0.5) is 0 Å². The zero-order valence-corrected chi connectivity index (χ0v) is 14.6. The molecule has 0 N–H and O–H groups in total. The van der Waals surface area contributed by atoms with E-state index in [1.165, 1.54) is 6.42 Å². The highest BCUT2D eigenvalue weighted by Gasteiger charge is 2.69. The van der Waals surface area contributed by atoms with Crippen LogP contribution in [0.1, 0.15) is 25.3 Å². The molecule has 4 aliphatic rings. The predicted molar refractivity (Wildman–Crippen MR) is 94.9 cm³/mol. The van der Waals surface area contributed by atoms with Crippen molar-refractivity contribution in [2.24, 2.45) is 5.92 Å². The number of hydrogen-bond donors (Lipinski definition) is 0. The molecule has 1 aromatic heterocycles. The average Bonchev–Trinajstić information content (AvgIpc) is 3.10. The zero-order valence-electron chi connectivity index (χ0n) is 13.8. The minimum Gasteiger partial charge on any atom is -0.450 e. The summed E-state index contributed by atoms with van der Waals surface area (Å²) in [6.07, 6.45) is 12.6. The molecule has 3 aliphatic heterocycles. The maximum Gasteiger partial charge on any atom is 0.325 e. The Labute approximate surface area is 146 Å². The molecule has 4 heterocycles. The topological polar surface area (TPSA) is 29.5 Å². The Hall–Kier alpha value is -1.65. The fourth-order valence-electron chi connectivity index (χ4n) is 4.97. The third-order valence-electron chi connectivity index (χ3n) is 6.24. The molecule has 24 heavy (non-hydrogen) atoms. The number of carbonyl (C=O) groups is 1. The van der Waals surface area contributed by atoms with Gasteiger partial charge in [-0.05, 0) is 47.7 Å². The Kier molecular flexibility index (Phi) is 3.01. The second-order valence-corrected chi connectivity index (χ2v) is 8.32. The lowest BCUT2D eigenvalue weighted by Crippen LogP contribution is -2.72. The quantitative estimate of drug-likeness (QED) is 0.734. The lowest BCUT2D eigenvalue weighted by atomic mass is 9.63. The number of thiophene rings is 1. The van der Waals surface area contributed by atoms with Gasteiger partial charge in [0.1, 0.15) is 5.41 Å². The molecule has 0 aromatic carbocycles. The van der Waals surface area contributed by atoms with Gasteiger partial charge in [0.25, 0.3) is 0 Å². The molecule has 0 bridgehead atoms. The minimum absolute atomic E-state index is 0.107. The summed E-state index contributed by atoms with van der Waals surface area (Å²) < 4.78 is 6.20. The first-order chi connectivity index (χ1) is 11.7. The van der Waals surface area contributed by atoms with Gasteiger partial charge in [-0.3, -0.25) is 9.69 Å². The highest BCUT2D eigenvalue weighted by Crippen LogP contribution is 2.57. The van der Waals surface area contributed by atoms with Crippen molar-refractivity contribution in [3.63, 3.8) is 0 Å². The van der Waals surface area contributed by atoms with Gasteiger partial charge in [0.05, 0.1) is 6.04 Å². The van der Waals surface area contributed by atoms with E-state index in [-0.39, 0.29) is 5.97 Å². The van der Waals surface area contributed by atoms with Crippen LogP contribution >= 0.6 is 11.3 Å². The number of carbonyl (C=O) groups excluding carboxylic acids is 1. The van der Waals surface area contributed by atoms with Crippen LogP contribution in [0, 0.1) is 5.92 Å². The van der Waals surface area contributed by atoms with E-state index < -0.39 is 11.0 Å². The van der Waals surface area contributed by atoms with Gasteiger partial charge in [-0.2, -0.15) is 11.3 Å². The number of nitrogens with zero attached hydrogens (tertiary/aromatic N) is 1. The van der Waals surface area contributed by atoms with Gasteiger partial charge in [-0.15, -0.1) is 0 Å². The second-order valence-electron chi connectivity index (χ2n) is 7.54. The number of hydrogen-bond acceptors (Lipinski definition) is 4. The van der Waals surface area contributed by atoms with Gasteiger partial charge in [0.15, 0.2) is 5.60 Å². The largest absolute Gasteiger partial charge is 0.450 e. The van der Waals surface area contributed by atoms with Gasteiger partial charge in [-0.1, -0.05) is 37.3 Å². The van der Waals surface area contributed by atoms with Gasteiger partial charge in [0.2, 0.25) is 0 Å². The number of piperidine rings is 1. The normalized spacial score (nSPS) is 40.5. The number of ether oxygens (including phenoxy) is 1. The van der Waals surface area contributed by atoms with Crippen LogP contribution in [0.15, 0.2) is 52.8 Å². The van der Waals surface area contributed by atoms with Gasteiger partial charge in [0, 0.05) is 12.1 Å². The Bertz CT molecular complexity index is 778. The van der Waals surface area contributed by atoms with E-state index in [4.69, 9.17) is 4.74 Å². The Balaban J connectivity index is 1.66. The van der Waals surface area contributed by atoms with Crippen molar-refractivity contribution >= 4 is 17.3 Å². The van der Waals surface area contributed by atoms with Crippen molar-refractivity contribution in [2.45, 2.75) is 36.8 Å². The van der Waals surface area contributed by atoms with Gasteiger partial charge >= 0.3 is 5.97 Å². The first-order valence-electron chi connectivity index (χ1n) is 8.74. The lowest BCUT2D eigenvalue weighted by molar-refractivity contribution is -0.182. The molecular weight excluding hydrogens is 318 g/mol. The van der Waals surface area contributed by atoms with Crippen LogP contribution in [0.5, 0.6) is 0 Å². The Morgan fingerprint density at radius 1 is 1.33 bits per heavy atom. The maximum absolute atomic E-state index is 13.2. The monoisotopic (exact) mass is 339 g/mol. The molecule has 0 radical (unpaired) electrons. The standard InChI is InChI=1S/C20H21NO2S/c1-14-6-9-21-13-20(17(21)11-14)16-5-3-2-4-8-19(16,18(22)23-20)15-7-10-24-12-15/h2-5,7-8,10,12,14,17H,6,9,11,13H2,1H3/t14-,17+,19+,20-/m1/s1. The second kappa shape index (κ2) is 4.93. The molecule has 1 aliphatic carbocycles. The summed E-state index contributed by atoms with van der Waals surface area (Å²) in [5.74, 6) is 0.584. The number of allylic oxidation sites excluding steroid dienone is 4. The summed E-state index contributed by atoms with van der Waals surface area (Å²) in [7, 11) is 0. The van der Waals surface area contributed by atoms with E-state index in [1.54, 1.807) is 11.3 Å². The van der Waals surface area contributed by atoms with Crippen LogP contribution in [0.3, 0.4) is 0 Å². The maximum atomic E-state index is 13.2. The first-order valence-corrected chi connectivity index (χ1v) is 9.68. The van der Waals surface area contributed by atoms with Gasteiger partial charge in [-0.25, -0.2) is 0 Å². The van der Waals surface area contributed by atoms with Crippen molar-refractivity contribution in [2.75, 3.05) is 13.1 Å². The molecule has 3 saturated heterocycles. The summed E-state index contributed by atoms with van der Waals surface area (Å²) in [6, 6.07) is 2.39. The number of rotatable bonds is 1. The van der Waals surface area contributed by atoms with Crippen LogP contribution < -0.4 is 0 Å². The molecule has 0 unspecified atom stereocenters. The molecule has 3 fully saturated rings. The third kappa shape index (κ3) is 1.68. The molecule has 0 saturated carbocycles. The molecule has 0 amide bonds. The fourth-order valence-corrected chi connectivity index (χ4v) is 5.69. The van der Waals surface area contributed by atoms with E-state index in [0.717, 1.165) is 30.6 Å². The van der Waals surface area contributed by atoms with Crippen molar-refractivity contribution in [1.29, 1.82) is 0 Å². The van der Waals surface area contributed by atoms with E-state index >= 15 is 0 Å². The van der Waals surface area contributed by atoms with E-state index in [0.29, 0.717) is 12.0 Å². The SMILES string of the molecule is C[C@@H]1CCN2C[C@]3(OC(=O)[C@]4(c5ccsc5)C=CC=CC=C43)[C@@H]2C1. The summed E-state index contributed by atoms with van der Waals surface area (Å²) in [5.41, 5.74) is 1.00. The van der Waals surface area contributed by atoms with Crippen LogP contribution in [0.2, 0.25) is 0 Å². The summed E-state index contributed by atoms with van der Waals surface area (Å²) in [6.45, 7) is 4.28. The van der Waals surface area contributed by atoms with E-state index in [1.807, 2.05) is 23.6 Å². The van der Waals surface area contributed by atoms with Crippen LogP contribution in [-0.2, 0) is 14.9 Å². The Morgan fingerprint density at radius 3 is 3.08 bits per heavy atom. The molecule has 124 valence electrons. The van der Waals surface area contributed by atoms with Crippen molar-refractivity contribution < 1.29 is 9.53 Å². The molecule has 1 aromatic rings. The van der Waals surface area contributed by atoms with Crippen LogP contribution in [-0.4, -0.2) is 35.6 Å². The highest BCUT2D eigenvalue weighted by atomic mass is 32.1. The van der Waals surface area contributed by atoms with Crippen molar-refractivity contribution in [3.05, 3.63) is 58.3 Å². The van der Waals surface area contributed by atoms with Gasteiger partial charge < -0.3 is 4.74 Å². The highest BCUT2D eigenvalue weighted by molar-refractivity contribution is 7.08. The third-order valence-corrected chi connectivity index (χ3v) is 6.92. The summed E-state index contributed by atoms with van der Waals surface area (Å²) >= 11 is 1.64. The number of fused-ring (bicyclic) bond motifs is 4. The fraction of sp³-hybridized carbons (Fsp3) is 0.450. The molecule has 3 nitrogen and oxygen atoms in total. The average molecular weight is 339 g/mol. The molecule has 5 rings (SSSR count). The summed E-state index contributed by atoms with van der Waals surface area (Å²) in [5, 5.41) is 4.13. The lowest BCUT2D eigenvalue weighted by Gasteiger charge is -2.58. The first kappa shape index (κ1) is 14.7. The zero-order chi connectivity index (χ0) is 16.4. The van der Waals surface area contributed by atoms with E-state index in [9.17, 15) is 4.79 Å². The molecule has 4 heteroatoms. The van der Waals surface area contributed by atoms with Crippen molar-refractivity contribution in [3.8, 4) is 0 Å².